The summed E-state index contributed by atoms with van der Waals surface area (Å²) in [4.78, 5) is 21.8. The summed E-state index contributed by atoms with van der Waals surface area (Å²) in [5, 5.41) is 3.23. The molecule has 0 aliphatic carbocycles. The summed E-state index contributed by atoms with van der Waals surface area (Å²) < 4.78 is 5.24. The first-order chi connectivity index (χ1) is 8.58. The lowest BCUT2D eigenvalue weighted by Crippen LogP contribution is -2.30. The van der Waals surface area contributed by atoms with Crippen LogP contribution in [0.15, 0.2) is 24.3 Å². The Labute approximate surface area is 110 Å². The minimum atomic E-state index is -0.373. The number of primary amides is 1. The predicted molar refractivity (Wildman–Crippen MR) is 68.4 cm³/mol. The zero-order valence-electron chi connectivity index (χ0n) is 9.82. The Bertz CT molecular complexity index is 406. The molecule has 98 valence electrons. The van der Waals surface area contributed by atoms with Gasteiger partial charge in [-0.2, -0.15) is 0 Å². The van der Waals surface area contributed by atoms with E-state index in [1.165, 1.54) is 0 Å². The highest BCUT2D eigenvalue weighted by atomic mass is 35.5. The molecule has 18 heavy (non-hydrogen) atoms. The Morgan fingerprint density at radius 1 is 1.28 bits per heavy atom. The van der Waals surface area contributed by atoms with E-state index in [1.807, 2.05) is 0 Å². The second kappa shape index (κ2) is 7.55. The molecule has 0 aliphatic rings. The maximum absolute atomic E-state index is 11.3. The molecule has 0 aromatic heterocycles. The number of rotatable bonds is 7. The van der Waals surface area contributed by atoms with Gasteiger partial charge < -0.3 is 15.8 Å². The molecule has 1 aromatic rings. The number of hydrogen-bond donors (Lipinski definition) is 2. The van der Waals surface area contributed by atoms with Gasteiger partial charge in [0.1, 0.15) is 5.75 Å². The molecule has 3 N–H and O–H groups in total. The molecule has 0 saturated carbocycles. The molecule has 0 fully saturated rings. The zero-order valence-corrected chi connectivity index (χ0v) is 10.6. The summed E-state index contributed by atoms with van der Waals surface area (Å²) >= 11 is 5.71. The summed E-state index contributed by atoms with van der Waals surface area (Å²) in [7, 11) is 0. The van der Waals surface area contributed by atoms with Crippen LogP contribution in [0.5, 0.6) is 5.75 Å². The lowest BCUT2D eigenvalue weighted by atomic mass is 10.3. The molecule has 6 heteroatoms. The molecule has 5 nitrogen and oxygen atoms in total. The number of hydrogen-bond acceptors (Lipinski definition) is 3. The van der Waals surface area contributed by atoms with Gasteiger partial charge >= 0.3 is 0 Å². The second-order valence-electron chi connectivity index (χ2n) is 3.66. The van der Waals surface area contributed by atoms with Crippen molar-refractivity contribution in [3.63, 3.8) is 0 Å². The number of carbonyl (C=O) groups is 2. The highest BCUT2D eigenvalue weighted by molar-refractivity contribution is 6.30. The fraction of sp³-hybridized carbons (Fsp3) is 0.333. The number of nitrogens with one attached hydrogen (secondary N) is 1. The van der Waals surface area contributed by atoms with E-state index in [1.54, 1.807) is 24.3 Å². The van der Waals surface area contributed by atoms with Gasteiger partial charge in [-0.3, -0.25) is 9.59 Å². The first-order valence-corrected chi connectivity index (χ1v) is 5.89. The normalized spacial score (nSPS) is 9.83. The van der Waals surface area contributed by atoms with Crippen LogP contribution in [0.1, 0.15) is 12.8 Å². The van der Waals surface area contributed by atoms with Crippen molar-refractivity contribution in [2.75, 3.05) is 13.2 Å². The van der Waals surface area contributed by atoms with Gasteiger partial charge in [0.15, 0.2) is 6.61 Å². The van der Waals surface area contributed by atoms with Gasteiger partial charge in [0.2, 0.25) is 5.91 Å². The van der Waals surface area contributed by atoms with Gasteiger partial charge in [-0.15, -0.1) is 0 Å². The number of benzene rings is 1. The number of nitrogens with two attached hydrogens (primary N) is 1. The van der Waals surface area contributed by atoms with E-state index >= 15 is 0 Å². The van der Waals surface area contributed by atoms with Crippen LogP contribution in [0.3, 0.4) is 0 Å². The van der Waals surface area contributed by atoms with Gasteiger partial charge in [-0.05, 0) is 30.7 Å². The summed E-state index contributed by atoms with van der Waals surface area (Å²) in [6.07, 6.45) is 0.792. The average molecular weight is 271 g/mol. The van der Waals surface area contributed by atoms with Crippen LogP contribution >= 0.6 is 11.6 Å². The van der Waals surface area contributed by atoms with Crippen LogP contribution in [0, 0.1) is 0 Å². The summed E-state index contributed by atoms with van der Waals surface area (Å²) in [5.74, 6) is -0.0391. The Balaban J connectivity index is 2.17. The van der Waals surface area contributed by atoms with Gasteiger partial charge in [-0.25, -0.2) is 0 Å². The summed E-state index contributed by atoms with van der Waals surface area (Å²) in [6, 6.07) is 6.73. The fourth-order valence-corrected chi connectivity index (χ4v) is 1.35. The van der Waals surface area contributed by atoms with Crippen molar-refractivity contribution in [3.8, 4) is 5.75 Å². The van der Waals surface area contributed by atoms with Gasteiger partial charge in [0.05, 0.1) is 0 Å². The van der Waals surface area contributed by atoms with Crippen LogP contribution in [-0.4, -0.2) is 25.0 Å². The van der Waals surface area contributed by atoms with Crippen LogP contribution in [0.2, 0.25) is 5.02 Å². The maximum Gasteiger partial charge on any atom is 0.257 e. The number of halogens is 1. The van der Waals surface area contributed by atoms with Crippen molar-refractivity contribution in [1.82, 2.24) is 5.32 Å². The average Bonchev–Trinajstić information content (AvgIpc) is 2.34. The van der Waals surface area contributed by atoms with Gasteiger partial charge in [0, 0.05) is 18.0 Å². The highest BCUT2D eigenvalue weighted by Crippen LogP contribution is 2.15. The van der Waals surface area contributed by atoms with Crippen molar-refractivity contribution in [2.45, 2.75) is 12.8 Å². The monoisotopic (exact) mass is 270 g/mol. The first-order valence-electron chi connectivity index (χ1n) is 5.51. The Morgan fingerprint density at radius 2 is 1.94 bits per heavy atom. The topological polar surface area (TPSA) is 81.4 Å². The fourth-order valence-electron chi connectivity index (χ4n) is 1.22. The third-order valence-corrected chi connectivity index (χ3v) is 2.36. The van der Waals surface area contributed by atoms with Crippen LogP contribution < -0.4 is 15.8 Å². The molecule has 2 amide bonds. The minimum Gasteiger partial charge on any atom is -0.484 e. The Morgan fingerprint density at radius 3 is 2.56 bits per heavy atom. The quantitative estimate of drug-likeness (QED) is 0.728. The molecular weight excluding hydrogens is 256 g/mol. The predicted octanol–water partition coefficient (Wildman–Crippen LogP) is 1.10. The molecule has 1 rings (SSSR count). The third-order valence-electron chi connectivity index (χ3n) is 2.11. The molecule has 0 atom stereocenters. The summed E-state index contributed by atoms with van der Waals surface area (Å²) in [6.45, 7) is 0.337. The molecule has 0 aliphatic heterocycles. The van der Waals surface area contributed by atoms with Crippen LogP contribution in [0.4, 0.5) is 0 Å². The molecular formula is C12H15ClN2O3. The number of ether oxygens (including phenoxy) is 1. The van der Waals surface area contributed by atoms with E-state index < -0.39 is 0 Å². The van der Waals surface area contributed by atoms with E-state index in [-0.39, 0.29) is 24.8 Å². The standard InChI is InChI=1S/C12H15ClN2O3/c13-9-3-5-10(6-4-9)18-8-12(17)15-7-1-2-11(14)16/h3-6H,1-2,7-8H2,(H2,14,16)(H,15,17). The van der Waals surface area contributed by atoms with Crippen molar-refractivity contribution in [1.29, 1.82) is 0 Å². The lowest BCUT2D eigenvalue weighted by molar-refractivity contribution is -0.123. The minimum absolute atomic E-state index is 0.0712. The van der Waals surface area contributed by atoms with Gasteiger partial charge in [-0.1, -0.05) is 11.6 Å². The number of amides is 2. The van der Waals surface area contributed by atoms with Gasteiger partial charge in [0.25, 0.3) is 5.91 Å². The van der Waals surface area contributed by atoms with Crippen molar-refractivity contribution in [3.05, 3.63) is 29.3 Å². The van der Waals surface area contributed by atoms with Crippen LogP contribution in [-0.2, 0) is 9.59 Å². The molecule has 0 saturated heterocycles. The molecule has 0 radical (unpaired) electrons. The van der Waals surface area contributed by atoms with Crippen molar-refractivity contribution >= 4 is 23.4 Å². The van der Waals surface area contributed by atoms with Crippen LogP contribution in [0.25, 0.3) is 0 Å². The first kappa shape index (κ1) is 14.3. The highest BCUT2D eigenvalue weighted by Gasteiger charge is 2.02. The Kier molecular flexibility index (Phi) is 6.00. The maximum atomic E-state index is 11.3. The molecule has 0 heterocycles. The SMILES string of the molecule is NC(=O)CCCNC(=O)COc1ccc(Cl)cc1. The molecule has 0 bridgehead atoms. The largest absolute Gasteiger partial charge is 0.484 e. The van der Waals surface area contributed by atoms with E-state index in [2.05, 4.69) is 5.32 Å². The molecule has 0 spiro atoms. The van der Waals surface area contributed by atoms with E-state index in [0.29, 0.717) is 23.7 Å². The van der Waals surface area contributed by atoms with E-state index in [9.17, 15) is 9.59 Å². The Hall–Kier alpha value is -1.75. The smallest absolute Gasteiger partial charge is 0.257 e. The van der Waals surface area contributed by atoms with Crippen molar-refractivity contribution < 1.29 is 14.3 Å². The van der Waals surface area contributed by atoms with E-state index in [0.717, 1.165) is 0 Å². The molecule has 0 unspecified atom stereocenters. The van der Waals surface area contributed by atoms with E-state index in [4.69, 9.17) is 22.1 Å². The summed E-state index contributed by atoms with van der Waals surface area (Å²) in [5.41, 5.74) is 4.97. The second-order valence-corrected chi connectivity index (χ2v) is 4.10. The molecule has 1 aromatic carbocycles. The third kappa shape index (κ3) is 6.10. The lowest BCUT2D eigenvalue weighted by Gasteiger charge is -2.07. The van der Waals surface area contributed by atoms with Crippen molar-refractivity contribution in [2.24, 2.45) is 5.73 Å². The number of carbonyl (C=O) groups excluding carboxylic acids is 2. The zero-order chi connectivity index (χ0) is 13.4.